The second kappa shape index (κ2) is 8.74. The molecule has 3 aromatic rings. The zero-order chi connectivity index (χ0) is 20.2. The summed E-state index contributed by atoms with van der Waals surface area (Å²) in [4.78, 5) is 21.6. The minimum atomic E-state index is -0.246. The van der Waals surface area contributed by atoms with Crippen molar-refractivity contribution < 1.29 is 9.18 Å². The van der Waals surface area contributed by atoms with Crippen molar-refractivity contribution in [2.75, 3.05) is 31.1 Å². The maximum absolute atomic E-state index is 13.0. The number of hydrogen-bond donors (Lipinski definition) is 0. The number of aromatic nitrogens is 1. The van der Waals surface area contributed by atoms with Crippen molar-refractivity contribution in [2.45, 2.75) is 19.8 Å². The molecule has 0 radical (unpaired) electrons. The van der Waals surface area contributed by atoms with Crippen molar-refractivity contribution in [3.63, 3.8) is 0 Å². The van der Waals surface area contributed by atoms with Gasteiger partial charge in [0, 0.05) is 43.7 Å². The molecule has 1 aliphatic rings. The Morgan fingerprint density at radius 2 is 1.66 bits per heavy atom. The molecule has 4 rings (SSSR count). The van der Waals surface area contributed by atoms with Gasteiger partial charge in [-0.15, -0.1) is 11.3 Å². The summed E-state index contributed by atoms with van der Waals surface area (Å²) in [7, 11) is 0. The van der Waals surface area contributed by atoms with Gasteiger partial charge in [-0.3, -0.25) is 4.79 Å². The van der Waals surface area contributed by atoms with E-state index in [-0.39, 0.29) is 11.7 Å². The molecule has 1 saturated heterocycles. The van der Waals surface area contributed by atoms with Crippen LogP contribution in [-0.2, 0) is 12.8 Å². The molecular weight excluding hydrogens is 385 g/mol. The molecule has 0 saturated carbocycles. The predicted molar refractivity (Wildman–Crippen MR) is 115 cm³/mol. The second-order valence-electron chi connectivity index (χ2n) is 7.23. The number of nitrogens with zero attached hydrogens (tertiary/aromatic N) is 3. The molecule has 0 bridgehead atoms. The summed E-state index contributed by atoms with van der Waals surface area (Å²) in [5.74, 6) is -0.253. The van der Waals surface area contributed by atoms with E-state index in [1.54, 1.807) is 12.1 Å². The minimum absolute atomic E-state index is 0.00686. The molecule has 0 unspecified atom stereocenters. The van der Waals surface area contributed by atoms with Crippen molar-refractivity contribution in [3.8, 4) is 0 Å². The van der Waals surface area contributed by atoms with E-state index >= 15 is 0 Å². The van der Waals surface area contributed by atoms with Gasteiger partial charge < -0.3 is 9.80 Å². The van der Waals surface area contributed by atoms with Gasteiger partial charge in [-0.05, 0) is 41.8 Å². The highest BCUT2D eigenvalue weighted by Crippen LogP contribution is 2.20. The Bertz CT molecular complexity index is 961. The van der Waals surface area contributed by atoms with Crippen LogP contribution in [-0.4, -0.2) is 42.0 Å². The fourth-order valence-corrected chi connectivity index (χ4v) is 4.34. The molecule has 29 heavy (non-hydrogen) atoms. The van der Waals surface area contributed by atoms with Crippen molar-refractivity contribution in [1.29, 1.82) is 0 Å². The largest absolute Gasteiger partial charge is 0.368 e. The summed E-state index contributed by atoms with van der Waals surface area (Å²) in [5, 5.41) is 2.70. The molecule has 1 amide bonds. The van der Waals surface area contributed by atoms with Crippen LogP contribution < -0.4 is 4.90 Å². The number of anilines is 1. The average molecular weight is 410 g/mol. The second-order valence-corrected chi connectivity index (χ2v) is 8.17. The number of thiazole rings is 1. The molecule has 2 aromatic carbocycles. The zero-order valence-corrected chi connectivity index (χ0v) is 17.3. The average Bonchev–Trinajstić information content (AvgIpc) is 3.23. The Kier molecular flexibility index (Phi) is 5.90. The molecule has 0 N–H and O–H groups in total. The summed E-state index contributed by atoms with van der Waals surface area (Å²) >= 11 is 1.48. The molecular formula is C23H24FN3OS. The van der Waals surface area contributed by atoms with Crippen molar-refractivity contribution in [1.82, 2.24) is 9.88 Å². The third-order valence-corrected chi connectivity index (χ3v) is 6.16. The van der Waals surface area contributed by atoms with E-state index in [2.05, 4.69) is 41.1 Å². The number of carbonyl (C=O) groups is 1. The Morgan fingerprint density at radius 1 is 1.00 bits per heavy atom. The summed E-state index contributed by atoms with van der Waals surface area (Å²) in [5.41, 5.74) is 4.04. The molecule has 1 aliphatic heterocycles. The number of rotatable bonds is 5. The first-order valence-electron chi connectivity index (χ1n) is 9.94. The molecule has 0 aliphatic carbocycles. The number of hydrogen-bond acceptors (Lipinski definition) is 4. The normalized spacial score (nSPS) is 14.3. The van der Waals surface area contributed by atoms with Gasteiger partial charge >= 0.3 is 0 Å². The Labute approximate surface area is 174 Å². The smallest absolute Gasteiger partial charge is 0.273 e. The van der Waals surface area contributed by atoms with E-state index in [4.69, 9.17) is 0 Å². The monoisotopic (exact) mass is 409 g/mol. The molecule has 4 nitrogen and oxygen atoms in total. The van der Waals surface area contributed by atoms with Gasteiger partial charge in [0.1, 0.15) is 11.5 Å². The van der Waals surface area contributed by atoms with Gasteiger partial charge in [-0.1, -0.05) is 31.2 Å². The van der Waals surface area contributed by atoms with Crippen LogP contribution in [0.1, 0.15) is 33.5 Å². The summed E-state index contributed by atoms with van der Waals surface area (Å²) in [6, 6.07) is 15.1. The molecule has 1 fully saturated rings. The standard InChI is InChI=1S/C23H24FN3OS/c1-2-17-5-9-20(10-6-17)26-11-13-27(14-12-26)23(28)21-16-29-22(25-21)15-18-3-7-19(24)8-4-18/h3-10,16H,2,11-15H2,1H3. The number of piperazine rings is 1. The van der Waals surface area contributed by atoms with E-state index in [0.717, 1.165) is 30.1 Å². The lowest BCUT2D eigenvalue weighted by molar-refractivity contribution is 0.0741. The zero-order valence-electron chi connectivity index (χ0n) is 16.5. The molecule has 150 valence electrons. The van der Waals surface area contributed by atoms with E-state index in [0.29, 0.717) is 25.2 Å². The lowest BCUT2D eigenvalue weighted by atomic mass is 10.1. The summed E-state index contributed by atoms with van der Waals surface area (Å²) in [6.07, 6.45) is 1.65. The number of amides is 1. The highest BCUT2D eigenvalue weighted by Gasteiger charge is 2.24. The van der Waals surface area contributed by atoms with Gasteiger partial charge in [-0.2, -0.15) is 0 Å². The Balaban J connectivity index is 1.34. The molecule has 0 spiro atoms. The molecule has 6 heteroatoms. The van der Waals surface area contributed by atoms with Crippen molar-refractivity contribution >= 4 is 22.9 Å². The number of aryl methyl sites for hydroxylation is 1. The number of benzene rings is 2. The quantitative estimate of drug-likeness (QED) is 0.627. The summed E-state index contributed by atoms with van der Waals surface area (Å²) in [6.45, 7) is 5.19. The predicted octanol–water partition coefficient (Wildman–Crippen LogP) is 4.40. The SMILES string of the molecule is CCc1ccc(N2CCN(C(=O)c3csc(Cc4ccc(F)cc4)n3)CC2)cc1. The fourth-order valence-electron chi connectivity index (χ4n) is 3.54. The van der Waals surface area contributed by atoms with Crippen LogP contribution >= 0.6 is 11.3 Å². The van der Waals surface area contributed by atoms with E-state index in [9.17, 15) is 9.18 Å². The number of carbonyl (C=O) groups excluding carboxylic acids is 1. The van der Waals surface area contributed by atoms with E-state index < -0.39 is 0 Å². The van der Waals surface area contributed by atoms with Crippen LogP contribution in [0.25, 0.3) is 0 Å². The lowest BCUT2D eigenvalue weighted by Gasteiger charge is -2.35. The lowest BCUT2D eigenvalue weighted by Crippen LogP contribution is -2.48. The van der Waals surface area contributed by atoms with Gasteiger partial charge in [0.25, 0.3) is 5.91 Å². The number of halogens is 1. The van der Waals surface area contributed by atoms with E-state index in [1.807, 2.05) is 10.3 Å². The van der Waals surface area contributed by atoms with Crippen LogP contribution in [0.5, 0.6) is 0 Å². The van der Waals surface area contributed by atoms with Gasteiger partial charge in [0.15, 0.2) is 0 Å². The Hall–Kier alpha value is -2.73. The highest BCUT2D eigenvalue weighted by atomic mass is 32.1. The first kappa shape index (κ1) is 19.6. The first-order valence-corrected chi connectivity index (χ1v) is 10.8. The molecule has 2 heterocycles. The van der Waals surface area contributed by atoms with Crippen molar-refractivity contribution in [2.24, 2.45) is 0 Å². The maximum Gasteiger partial charge on any atom is 0.273 e. The van der Waals surface area contributed by atoms with E-state index in [1.165, 1.54) is 34.7 Å². The third-order valence-electron chi connectivity index (χ3n) is 5.32. The van der Waals surface area contributed by atoms with Crippen LogP contribution in [0, 0.1) is 5.82 Å². The fraction of sp³-hybridized carbons (Fsp3) is 0.304. The van der Waals surface area contributed by atoms with Crippen LogP contribution in [0.2, 0.25) is 0 Å². The highest BCUT2D eigenvalue weighted by molar-refractivity contribution is 7.09. The third kappa shape index (κ3) is 4.65. The van der Waals surface area contributed by atoms with Crippen molar-refractivity contribution in [3.05, 3.63) is 81.6 Å². The molecule has 1 aromatic heterocycles. The topological polar surface area (TPSA) is 36.4 Å². The van der Waals surface area contributed by atoms with Crippen LogP contribution in [0.3, 0.4) is 0 Å². The van der Waals surface area contributed by atoms with Gasteiger partial charge in [-0.25, -0.2) is 9.37 Å². The van der Waals surface area contributed by atoms with Gasteiger partial charge in [0.2, 0.25) is 0 Å². The maximum atomic E-state index is 13.0. The van der Waals surface area contributed by atoms with Gasteiger partial charge in [0.05, 0.1) is 5.01 Å². The minimum Gasteiger partial charge on any atom is -0.368 e. The first-order chi connectivity index (χ1) is 14.1. The Morgan fingerprint density at radius 3 is 2.31 bits per heavy atom. The summed E-state index contributed by atoms with van der Waals surface area (Å²) < 4.78 is 13.0. The molecule has 0 atom stereocenters. The van der Waals surface area contributed by atoms with Crippen LogP contribution in [0.4, 0.5) is 10.1 Å². The van der Waals surface area contributed by atoms with Crippen LogP contribution in [0.15, 0.2) is 53.9 Å².